The van der Waals surface area contributed by atoms with Crippen molar-refractivity contribution in [2.75, 3.05) is 32.8 Å². The molecule has 0 radical (unpaired) electrons. The number of amides is 2. The van der Waals surface area contributed by atoms with E-state index in [0.29, 0.717) is 25.9 Å². The number of aliphatic hydroxyl groups is 1. The molecule has 1 unspecified atom stereocenters. The first kappa shape index (κ1) is 24.0. The Hall–Kier alpha value is -2.19. The van der Waals surface area contributed by atoms with Gasteiger partial charge in [0.15, 0.2) is 0 Å². The summed E-state index contributed by atoms with van der Waals surface area (Å²) in [6.45, 7) is 5.11. The van der Waals surface area contributed by atoms with Crippen LogP contribution >= 0.6 is 0 Å². The molecule has 2 amide bonds. The molecule has 8 heteroatoms. The predicted octanol–water partition coefficient (Wildman–Crippen LogP) is 1.82. The molecule has 182 valence electrons. The number of nitrogens with zero attached hydrogens (tertiary/aromatic N) is 2. The topological polar surface area (TPSA) is 96.4 Å². The number of likely N-dealkylation sites (tertiary alicyclic amines) is 1. The summed E-state index contributed by atoms with van der Waals surface area (Å²) in [6.07, 6.45) is 12.5. The molecule has 5 atom stereocenters. The van der Waals surface area contributed by atoms with E-state index in [4.69, 9.17) is 9.47 Å². The van der Waals surface area contributed by atoms with Crippen LogP contribution in [0, 0.1) is 11.8 Å². The lowest BCUT2D eigenvalue weighted by Gasteiger charge is -2.38. The molecule has 4 aliphatic heterocycles. The molecule has 4 aliphatic rings. The number of hydrogen-bond acceptors (Lipinski definition) is 6. The SMILES string of the molecule is CCCCCN1CC=C[C@]23O[C@@]4(CC)/C=C\CCCOC(=O)[C@H]4[C@H]2C(=O)N(CCO)C3C1=O. The van der Waals surface area contributed by atoms with Gasteiger partial charge >= 0.3 is 5.97 Å². The standard InChI is InChI=1S/C25H36N2O6/c1-3-5-8-13-26-14-10-12-25-18(21(29)27(15-16-28)20(25)22(26)30)19-23(31)32-17-9-6-7-11-24(19,4-2)33-25/h7,10-12,18-20,28H,3-6,8-9,13-17H2,1-2H3/b11-7-/t18-,19+,20?,24-,25-/m0/s1. The highest BCUT2D eigenvalue weighted by atomic mass is 16.6. The number of carbonyl (C=O) groups is 3. The maximum atomic E-state index is 13.9. The molecule has 4 rings (SSSR count). The van der Waals surface area contributed by atoms with Gasteiger partial charge in [-0.15, -0.1) is 0 Å². The Morgan fingerprint density at radius 2 is 1.88 bits per heavy atom. The quantitative estimate of drug-likeness (QED) is 0.354. The van der Waals surface area contributed by atoms with Crippen molar-refractivity contribution in [1.82, 2.24) is 9.80 Å². The largest absolute Gasteiger partial charge is 0.465 e. The van der Waals surface area contributed by atoms with Crippen LogP contribution in [-0.2, 0) is 23.9 Å². The molecule has 2 saturated heterocycles. The monoisotopic (exact) mass is 460 g/mol. The number of aliphatic hydroxyl groups excluding tert-OH is 1. The van der Waals surface area contributed by atoms with E-state index in [1.807, 2.05) is 31.2 Å². The third-order valence-corrected chi connectivity index (χ3v) is 7.59. The summed E-state index contributed by atoms with van der Waals surface area (Å²) in [5.41, 5.74) is -2.29. The van der Waals surface area contributed by atoms with Gasteiger partial charge in [-0.25, -0.2) is 0 Å². The number of carbonyl (C=O) groups excluding carboxylic acids is 3. The van der Waals surface area contributed by atoms with Crippen molar-refractivity contribution in [2.24, 2.45) is 11.8 Å². The van der Waals surface area contributed by atoms with E-state index in [1.54, 1.807) is 4.90 Å². The molecule has 0 aliphatic carbocycles. The Morgan fingerprint density at radius 1 is 1.06 bits per heavy atom. The van der Waals surface area contributed by atoms with Crippen molar-refractivity contribution in [3.8, 4) is 0 Å². The summed E-state index contributed by atoms with van der Waals surface area (Å²) >= 11 is 0. The lowest BCUT2D eigenvalue weighted by atomic mass is 9.73. The molecule has 0 aromatic carbocycles. The van der Waals surface area contributed by atoms with Gasteiger partial charge in [-0.05, 0) is 25.7 Å². The highest BCUT2D eigenvalue weighted by molar-refractivity contribution is 5.99. The summed E-state index contributed by atoms with van der Waals surface area (Å²) in [5.74, 6) is -2.68. The lowest BCUT2D eigenvalue weighted by Crippen LogP contribution is -2.56. The van der Waals surface area contributed by atoms with Crippen LogP contribution in [0.25, 0.3) is 0 Å². The molecule has 8 nitrogen and oxygen atoms in total. The van der Waals surface area contributed by atoms with Crippen LogP contribution in [0.1, 0.15) is 52.4 Å². The lowest BCUT2D eigenvalue weighted by molar-refractivity contribution is -0.161. The highest BCUT2D eigenvalue weighted by Crippen LogP contribution is 2.58. The molecule has 0 saturated carbocycles. The fourth-order valence-electron chi connectivity index (χ4n) is 6.02. The van der Waals surface area contributed by atoms with Crippen LogP contribution in [0.2, 0.25) is 0 Å². The van der Waals surface area contributed by atoms with Gasteiger partial charge in [0.1, 0.15) is 23.2 Å². The van der Waals surface area contributed by atoms with Crippen LogP contribution in [0.4, 0.5) is 0 Å². The van der Waals surface area contributed by atoms with E-state index in [-0.39, 0.29) is 31.6 Å². The van der Waals surface area contributed by atoms with E-state index >= 15 is 0 Å². The fourth-order valence-corrected chi connectivity index (χ4v) is 6.02. The molecular formula is C25H36N2O6. The van der Waals surface area contributed by atoms with Crippen LogP contribution in [0.15, 0.2) is 24.3 Å². The number of esters is 1. The zero-order valence-corrected chi connectivity index (χ0v) is 19.7. The average Bonchev–Trinajstić information content (AvgIpc) is 3.17. The summed E-state index contributed by atoms with van der Waals surface area (Å²) in [4.78, 5) is 44.2. The minimum absolute atomic E-state index is 0.0181. The van der Waals surface area contributed by atoms with E-state index in [1.165, 1.54) is 4.90 Å². The molecule has 2 fully saturated rings. The Morgan fingerprint density at radius 3 is 2.61 bits per heavy atom. The number of unbranched alkanes of at least 4 members (excludes halogenated alkanes) is 2. The van der Waals surface area contributed by atoms with Crippen LogP contribution < -0.4 is 0 Å². The Kier molecular flexibility index (Phi) is 6.96. The number of fused-ring (bicyclic) bond motifs is 2. The molecular weight excluding hydrogens is 424 g/mol. The first-order valence-corrected chi connectivity index (χ1v) is 12.4. The van der Waals surface area contributed by atoms with Crippen LogP contribution in [-0.4, -0.2) is 82.8 Å². The number of hydrogen-bond donors (Lipinski definition) is 1. The van der Waals surface area contributed by atoms with Crippen molar-refractivity contribution in [3.63, 3.8) is 0 Å². The Balaban J connectivity index is 1.81. The maximum absolute atomic E-state index is 13.9. The van der Waals surface area contributed by atoms with Gasteiger partial charge in [-0.3, -0.25) is 14.4 Å². The van der Waals surface area contributed by atoms with E-state index in [2.05, 4.69) is 6.92 Å². The smallest absolute Gasteiger partial charge is 0.313 e. The highest BCUT2D eigenvalue weighted by Gasteiger charge is 2.75. The summed E-state index contributed by atoms with van der Waals surface area (Å²) in [7, 11) is 0. The Labute approximate surface area is 195 Å². The second-order valence-electron chi connectivity index (χ2n) is 9.48. The predicted molar refractivity (Wildman–Crippen MR) is 121 cm³/mol. The van der Waals surface area contributed by atoms with Crippen LogP contribution in [0.3, 0.4) is 0 Å². The van der Waals surface area contributed by atoms with Gasteiger partial charge < -0.3 is 24.4 Å². The van der Waals surface area contributed by atoms with Gasteiger partial charge in [0, 0.05) is 19.6 Å². The van der Waals surface area contributed by atoms with E-state index in [0.717, 1.165) is 25.7 Å². The van der Waals surface area contributed by atoms with Gasteiger partial charge in [-0.1, -0.05) is 51.0 Å². The van der Waals surface area contributed by atoms with Crippen molar-refractivity contribution in [3.05, 3.63) is 24.3 Å². The van der Waals surface area contributed by atoms with Gasteiger partial charge in [0.25, 0.3) is 0 Å². The first-order chi connectivity index (χ1) is 16.0. The number of cyclic esters (lactones) is 1. The van der Waals surface area contributed by atoms with E-state index in [9.17, 15) is 19.5 Å². The fraction of sp³-hybridized carbons (Fsp3) is 0.720. The molecule has 33 heavy (non-hydrogen) atoms. The molecule has 0 bridgehead atoms. The number of rotatable bonds is 7. The van der Waals surface area contributed by atoms with Gasteiger partial charge in [0.05, 0.1) is 19.1 Å². The zero-order chi connectivity index (χ0) is 23.6. The minimum atomic E-state index is -1.27. The maximum Gasteiger partial charge on any atom is 0.313 e. The van der Waals surface area contributed by atoms with Crippen molar-refractivity contribution >= 4 is 17.8 Å². The van der Waals surface area contributed by atoms with Crippen molar-refractivity contribution < 1.29 is 29.0 Å². The van der Waals surface area contributed by atoms with E-state index < -0.39 is 35.0 Å². The van der Waals surface area contributed by atoms with Gasteiger partial charge in [-0.2, -0.15) is 0 Å². The second kappa shape index (κ2) is 9.58. The molecule has 4 heterocycles. The molecule has 0 aromatic heterocycles. The van der Waals surface area contributed by atoms with Crippen molar-refractivity contribution in [1.29, 1.82) is 0 Å². The number of β-amino-alcohol motifs (C(OH)–C–C–N with tert-alkyl or cyclic N) is 1. The van der Waals surface area contributed by atoms with Crippen molar-refractivity contribution in [2.45, 2.75) is 69.6 Å². The average molecular weight is 461 g/mol. The number of allylic oxidation sites excluding steroid dienone is 1. The van der Waals surface area contributed by atoms with Gasteiger partial charge in [0.2, 0.25) is 11.8 Å². The first-order valence-electron chi connectivity index (χ1n) is 12.4. The second-order valence-corrected chi connectivity index (χ2v) is 9.48. The Bertz CT molecular complexity index is 841. The molecule has 0 aromatic rings. The molecule has 1 spiro atoms. The third kappa shape index (κ3) is 3.81. The summed E-state index contributed by atoms with van der Waals surface area (Å²) in [6, 6.07) is -0.914. The normalized spacial score (nSPS) is 36.9. The third-order valence-electron chi connectivity index (χ3n) is 7.59. The zero-order valence-electron chi connectivity index (χ0n) is 19.7. The number of ether oxygens (including phenoxy) is 2. The summed E-state index contributed by atoms with van der Waals surface area (Å²) in [5, 5.41) is 9.71. The summed E-state index contributed by atoms with van der Waals surface area (Å²) < 4.78 is 12.4. The van der Waals surface area contributed by atoms with Crippen LogP contribution in [0.5, 0.6) is 0 Å². The minimum Gasteiger partial charge on any atom is -0.465 e. The molecule has 1 N–H and O–H groups in total.